The maximum atomic E-state index is 12.8. The van der Waals surface area contributed by atoms with Gasteiger partial charge >= 0.3 is 0 Å². The van der Waals surface area contributed by atoms with Crippen LogP contribution in [-0.2, 0) is 11.8 Å². The quantitative estimate of drug-likeness (QED) is 0.477. The fourth-order valence-electron chi connectivity index (χ4n) is 3.51. The molecule has 0 aliphatic carbocycles. The van der Waals surface area contributed by atoms with Crippen LogP contribution in [-0.4, -0.2) is 15.9 Å². The molecule has 150 valence electrons. The first-order chi connectivity index (χ1) is 14.4. The topological polar surface area (TPSA) is 54.9 Å². The second-order valence-electron chi connectivity index (χ2n) is 8.49. The lowest BCUT2D eigenvalue weighted by Crippen LogP contribution is -2.15. The van der Waals surface area contributed by atoms with Gasteiger partial charge in [0, 0.05) is 29.5 Å². The zero-order valence-electron chi connectivity index (χ0n) is 17.5. The number of aromatic nitrogens is 2. The third-order valence-corrected chi connectivity index (χ3v) is 5.27. The molecule has 0 bridgehead atoms. The molecule has 0 aliphatic rings. The van der Waals surface area contributed by atoms with Crippen molar-refractivity contribution in [3.63, 3.8) is 0 Å². The highest BCUT2D eigenvalue weighted by Crippen LogP contribution is 2.27. The minimum Gasteiger partial charge on any atom is -0.306 e. The van der Waals surface area contributed by atoms with Crippen molar-refractivity contribution in [1.29, 1.82) is 0 Å². The number of anilines is 1. The van der Waals surface area contributed by atoms with Crippen LogP contribution in [0.25, 0.3) is 10.8 Å². The van der Waals surface area contributed by atoms with Crippen LogP contribution in [0.1, 0.15) is 47.8 Å². The van der Waals surface area contributed by atoms with Crippen molar-refractivity contribution in [2.24, 2.45) is 0 Å². The van der Waals surface area contributed by atoms with Crippen molar-refractivity contribution in [2.75, 3.05) is 5.32 Å². The number of hydrogen-bond donors (Lipinski definition) is 1. The van der Waals surface area contributed by atoms with Gasteiger partial charge in [0.05, 0.1) is 0 Å². The van der Waals surface area contributed by atoms with E-state index >= 15 is 0 Å². The van der Waals surface area contributed by atoms with Crippen LogP contribution in [0.4, 0.5) is 5.82 Å². The van der Waals surface area contributed by atoms with Crippen LogP contribution < -0.4 is 5.32 Å². The van der Waals surface area contributed by atoms with E-state index in [1.807, 2.05) is 60.8 Å². The highest BCUT2D eigenvalue weighted by molar-refractivity contribution is 6.08. The SMILES string of the molecule is CC(C)(C)c1ccc(C(=O)Nc2ncc(Cc3ccncc3)c3ccccc23)cc1. The monoisotopic (exact) mass is 395 g/mol. The first kappa shape index (κ1) is 19.8. The molecule has 1 amide bonds. The Balaban J connectivity index is 1.62. The average molecular weight is 396 g/mol. The Morgan fingerprint density at radius 1 is 0.900 bits per heavy atom. The van der Waals surface area contributed by atoms with Crippen LogP contribution >= 0.6 is 0 Å². The number of nitrogens with one attached hydrogen (secondary N) is 1. The Morgan fingerprint density at radius 3 is 2.23 bits per heavy atom. The molecule has 1 N–H and O–H groups in total. The number of carbonyl (C=O) groups is 1. The fraction of sp³-hybridized carbons (Fsp3) is 0.192. The van der Waals surface area contributed by atoms with E-state index in [4.69, 9.17) is 0 Å². The van der Waals surface area contributed by atoms with Gasteiger partial charge in [-0.25, -0.2) is 4.98 Å². The third kappa shape index (κ3) is 4.23. The van der Waals surface area contributed by atoms with Crippen molar-refractivity contribution in [2.45, 2.75) is 32.6 Å². The molecule has 0 radical (unpaired) electrons. The van der Waals surface area contributed by atoms with Crippen LogP contribution in [0, 0.1) is 0 Å². The van der Waals surface area contributed by atoms with Gasteiger partial charge in [0.2, 0.25) is 0 Å². The number of benzene rings is 2. The Labute approximate surface area is 177 Å². The van der Waals surface area contributed by atoms with E-state index in [0.717, 1.165) is 22.8 Å². The predicted octanol–water partition coefficient (Wildman–Crippen LogP) is 5.77. The summed E-state index contributed by atoms with van der Waals surface area (Å²) in [6.07, 6.45) is 6.20. The molecule has 2 heterocycles. The number of nitrogens with zero attached hydrogens (tertiary/aromatic N) is 2. The maximum Gasteiger partial charge on any atom is 0.256 e. The average Bonchev–Trinajstić information content (AvgIpc) is 2.75. The number of carbonyl (C=O) groups excluding carboxylic acids is 1. The van der Waals surface area contributed by atoms with Crippen molar-refractivity contribution in [3.05, 3.63) is 102 Å². The molecule has 4 rings (SSSR count). The molecule has 2 aromatic carbocycles. The maximum absolute atomic E-state index is 12.8. The zero-order chi connectivity index (χ0) is 21.1. The van der Waals surface area contributed by atoms with Crippen molar-refractivity contribution in [1.82, 2.24) is 9.97 Å². The van der Waals surface area contributed by atoms with Gasteiger partial charge in [-0.3, -0.25) is 9.78 Å². The normalized spacial score (nSPS) is 11.4. The summed E-state index contributed by atoms with van der Waals surface area (Å²) >= 11 is 0. The van der Waals surface area contributed by atoms with Crippen LogP contribution in [0.3, 0.4) is 0 Å². The first-order valence-corrected chi connectivity index (χ1v) is 10.1. The van der Waals surface area contributed by atoms with Gasteiger partial charge in [0.1, 0.15) is 5.82 Å². The molecule has 0 spiro atoms. The Bertz CT molecular complexity index is 1180. The minimum absolute atomic E-state index is 0.0530. The van der Waals surface area contributed by atoms with Gasteiger partial charge in [0.25, 0.3) is 5.91 Å². The largest absolute Gasteiger partial charge is 0.306 e. The number of fused-ring (bicyclic) bond motifs is 1. The Kier molecular flexibility index (Phi) is 5.32. The van der Waals surface area contributed by atoms with E-state index in [0.29, 0.717) is 11.4 Å². The molecule has 4 heteroatoms. The molecule has 0 unspecified atom stereocenters. The molecule has 0 atom stereocenters. The molecular weight excluding hydrogens is 370 g/mol. The third-order valence-electron chi connectivity index (χ3n) is 5.27. The van der Waals surface area contributed by atoms with Gasteiger partial charge in [-0.15, -0.1) is 0 Å². The van der Waals surface area contributed by atoms with Crippen molar-refractivity contribution < 1.29 is 4.79 Å². The molecule has 0 fully saturated rings. The summed E-state index contributed by atoms with van der Waals surface area (Å²) in [7, 11) is 0. The summed E-state index contributed by atoms with van der Waals surface area (Å²) in [6.45, 7) is 6.48. The van der Waals surface area contributed by atoms with Crippen LogP contribution in [0.5, 0.6) is 0 Å². The lowest BCUT2D eigenvalue weighted by atomic mass is 9.87. The van der Waals surface area contributed by atoms with E-state index < -0.39 is 0 Å². The zero-order valence-corrected chi connectivity index (χ0v) is 17.5. The van der Waals surface area contributed by atoms with Crippen LogP contribution in [0.2, 0.25) is 0 Å². The molecule has 4 nitrogen and oxygen atoms in total. The number of pyridine rings is 2. The lowest BCUT2D eigenvalue weighted by Gasteiger charge is -2.19. The standard InChI is InChI=1S/C26H25N3O/c1-26(2,3)21-10-8-19(9-11-21)25(30)29-24-23-7-5-4-6-22(23)20(17-28-24)16-18-12-14-27-15-13-18/h4-15,17H,16H2,1-3H3,(H,28,29,30). The van der Waals surface area contributed by atoms with E-state index in [9.17, 15) is 4.79 Å². The predicted molar refractivity (Wildman–Crippen MR) is 122 cm³/mol. The minimum atomic E-state index is -0.157. The number of amides is 1. The Hall–Kier alpha value is -3.53. The molecule has 0 saturated carbocycles. The van der Waals surface area contributed by atoms with Gasteiger partial charge in [-0.1, -0.05) is 57.2 Å². The highest BCUT2D eigenvalue weighted by Gasteiger charge is 2.15. The van der Waals surface area contributed by atoms with Gasteiger partial charge in [-0.05, 0) is 58.2 Å². The second-order valence-corrected chi connectivity index (χ2v) is 8.49. The fourth-order valence-corrected chi connectivity index (χ4v) is 3.51. The van der Waals surface area contributed by atoms with Crippen molar-refractivity contribution in [3.8, 4) is 0 Å². The summed E-state index contributed by atoms with van der Waals surface area (Å²) in [6, 6.07) is 19.8. The summed E-state index contributed by atoms with van der Waals surface area (Å²) < 4.78 is 0. The second kappa shape index (κ2) is 8.07. The first-order valence-electron chi connectivity index (χ1n) is 10.1. The summed E-state index contributed by atoms with van der Waals surface area (Å²) in [5.41, 5.74) is 4.16. The van der Waals surface area contributed by atoms with Gasteiger partial charge in [-0.2, -0.15) is 0 Å². The molecule has 4 aromatic rings. The summed E-state index contributed by atoms with van der Waals surface area (Å²) in [5.74, 6) is 0.420. The summed E-state index contributed by atoms with van der Waals surface area (Å²) in [5, 5.41) is 5.01. The van der Waals surface area contributed by atoms with E-state index in [1.165, 1.54) is 11.1 Å². The molecular formula is C26H25N3O. The number of rotatable bonds is 4. The Morgan fingerprint density at radius 2 is 1.57 bits per heavy atom. The van der Waals surface area contributed by atoms with Gasteiger partial charge < -0.3 is 5.32 Å². The summed E-state index contributed by atoms with van der Waals surface area (Å²) in [4.78, 5) is 21.5. The highest BCUT2D eigenvalue weighted by atomic mass is 16.1. The van der Waals surface area contributed by atoms with E-state index in [-0.39, 0.29) is 11.3 Å². The van der Waals surface area contributed by atoms with Crippen molar-refractivity contribution >= 4 is 22.5 Å². The number of hydrogen-bond acceptors (Lipinski definition) is 3. The van der Waals surface area contributed by atoms with Crippen LogP contribution in [0.15, 0.2) is 79.3 Å². The lowest BCUT2D eigenvalue weighted by molar-refractivity contribution is 0.102. The smallest absolute Gasteiger partial charge is 0.256 e. The van der Waals surface area contributed by atoms with E-state index in [1.54, 1.807) is 12.4 Å². The molecule has 30 heavy (non-hydrogen) atoms. The van der Waals surface area contributed by atoms with Gasteiger partial charge in [0.15, 0.2) is 0 Å². The molecule has 0 saturated heterocycles. The van der Waals surface area contributed by atoms with E-state index in [2.05, 4.69) is 42.1 Å². The molecule has 2 aromatic heterocycles. The molecule has 0 aliphatic heterocycles.